The molecule has 0 bridgehead atoms. The smallest absolute Gasteiger partial charge is 0.225 e. The lowest BCUT2D eigenvalue weighted by Gasteiger charge is -2.35. The van der Waals surface area contributed by atoms with Gasteiger partial charge in [0.15, 0.2) is 0 Å². The van der Waals surface area contributed by atoms with Gasteiger partial charge in [-0.25, -0.2) is 9.97 Å². The number of piperazine rings is 1. The Kier molecular flexibility index (Phi) is 5.56. The predicted molar refractivity (Wildman–Crippen MR) is 93.5 cm³/mol. The first kappa shape index (κ1) is 15.9. The summed E-state index contributed by atoms with van der Waals surface area (Å²) in [6.07, 6.45) is 3.63. The van der Waals surface area contributed by atoms with E-state index in [1.54, 1.807) is 0 Å². The lowest BCUT2D eigenvalue weighted by molar-refractivity contribution is 0.212. The third kappa shape index (κ3) is 4.74. The number of rotatable bonds is 6. The molecule has 1 aromatic heterocycles. The maximum atomic E-state index is 4.34. The summed E-state index contributed by atoms with van der Waals surface area (Å²) in [6, 6.07) is 12.5. The van der Waals surface area contributed by atoms with Crippen molar-refractivity contribution in [3.63, 3.8) is 0 Å². The van der Waals surface area contributed by atoms with E-state index in [0.717, 1.165) is 51.8 Å². The third-order valence-electron chi connectivity index (χ3n) is 4.30. The Morgan fingerprint density at radius 1 is 0.957 bits per heavy atom. The fraction of sp³-hybridized carbons (Fsp3) is 0.444. The summed E-state index contributed by atoms with van der Waals surface area (Å²) < 4.78 is 0. The Balaban J connectivity index is 1.39. The Morgan fingerprint density at radius 3 is 2.35 bits per heavy atom. The molecule has 1 saturated heterocycles. The fourth-order valence-electron chi connectivity index (χ4n) is 2.91. The van der Waals surface area contributed by atoms with E-state index in [0.29, 0.717) is 0 Å². The van der Waals surface area contributed by atoms with Crippen LogP contribution in [0.4, 0.5) is 5.95 Å². The molecule has 0 radical (unpaired) electrons. The van der Waals surface area contributed by atoms with Crippen molar-refractivity contribution in [2.45, 2.75) is 6.54 Å². The average Bonchev–Trinajstić information content (AvgIpc) is 2.62. The zero-order valence-electron chi connectivity index (χ0n) is 13.8. The van der Waals surface area contributed by atoms with Gasteiger partial charge in [-0.05, 0) is 18.7 Å². The van der Waals surface area contributed by atoms with Gasteiger partial charge in [-0.3, -0.25) is 4.90 Å². The van der Waals surface area contributed by atoms with Gasteiger partial charge in [-0.1, -0.05) is 30.3 Å². The topological polar surface area (TPSA) is 35.5 Å². The minimum atomic E-state index is 0.855. The molecule has 5 heteroatoms. The van der Waals surface area contributed by atoms with Crippen molar-refractivity contribution < 1.29 is 0 Å². The van der Waals surface area contributed by atoms with E-state index >= 15 is 0 Å². The van der Waals surface area contributed by atoms with Crippen LogP contribution < -0.4 is 4.90 Å². The van der Waals surface area contributed by atoms with Crippen molar-refractivity contribution in [2.24, 2.45) is 0 Å². The Morgan fingerprint density at radius 2 is 1.65 bits per heavy atom. The van der Waals surface area contributed by atoms with Crippen LogP contribution in [-0.2, 0) is 6.54 Å². The maximum Gasteiger partial charge on any atom is 0.225 e. The first-order chi connectivity index (χ1) is 11.3. The average molecular weight is 311 g/mol. The van der Waals surface area contributed by atoms with E-state index in [1.807, 2.05) is 18.5 Å². The van der Waals surface area contributed by atoms with Crippen molar-refractivity contribution in [3.8, 4) is 0 Å². The zero-order chi connectivity index (χ0) is 15.9. The van der Waals surface area contributed by atoms with Crippen molar-refractivity contribution >= 4 is 5.95 Å². The van der Waals surface area contributed by atoms with E-state index < -0.39 is 0 Å². The van der Waals surface area contributed by atoms with Gasteiger partial charge in [0.2, 0.25) is 5.95 Å². The molecule has 122 valence electrons. The van der Waals surface area contributed by atoms with Crippen molar-refractivity contribution in [1.29, 1.82) is 0 Å². The van der Waals surface area contributed by atoms with Crippen LogP contribution in [0.15, 0.2) is 48.8 Å². The third-order valence-corrected chi connectivity index (χ3v) is 4.30. The molecule has 0 N–H and O–H groups in total. The summed E-state index contributed by atoms with van der Waals surface area (Å²) in [6.45, 7) is 7.40. The quantitative estimate of drug-likeness (QED) is 0.812. The standard InChI is InChI=1S/C18H25N5/c1-21(16-17-6-3-2-4-7-17)10-11-22-12-14-23(15-13-22)18-19-8-5-9-20-18/h2-9H,10-16H2,1H3. The summed E-state index contributed by atoms with van der Waals surface area (Å²) in [5, 5.41) is 0. The van der Waals surface area contributed by atoms with Crippen molar-refractivity contribution in [3.05, 3.63) is 54.4 Å². The number of likely N-dealkylation sites (N-methyl/N-ethyl adjacent to an activating group) is 1. The van der Waals surface area contributed by atoms with Crippen LogP contribution in [0.3, 0.4) is 0 Å². The minimum Gasteiger partial charge on any atom is -0.338 e. The Bertz CT molecular complexity index is 566. The molecule has 3 rings (SSSR count). The number of aromatic nitrogens is 2. The second-order valence-corrected chi connectivity index (χ2v) is 6.10. The first-order valence-corrected chi connectivity index (χ1v) is 8.28. The highest BCUT2D eigenvalue weighted by atomic mass is 15.3. The minimum absolute atomic E-state index is 0.855. The molecule has 0 spiro atoms. The Labute approximate surface area is 138 Å². The number of anilines is 1. The summed E-state index contributed by atoms with van der Waals surface area (Å²) in [5.41, 5.74) is 1.38. The molecule has 1 aromatic carbocycles. The van der Waals surface area contributed by atoms with Gasteiger partial charge in [0.05, 0.1) is 0 Å². The lowest BCUT2D eigenvalue weighted by Crippen LogP contribution is -2.48. The van der Waals surface area contributed by atoms with E-state index in [4.69, 9.17) is 0 Å². The molecule has 2 aromatic rings. The molecule has 0 atom stereocenters. The van der Waals surface area contributed by atoms with Crippen molar-refractivity contribution in [2.75, 3.05) is 51.2 Å². The van der Waals surface area contributed by atoms with Crippen LogP contribution in [0.1, 0.15) is 5.56 Å². The zero-order valence-corrected chi connectivity index (χ0v) is 13.8. The largest absolute Gasteiger partial charge is 0.338 e. The molecule has 0 unspecified atom stereocenters. The van der Waals surface area contributed by atoms with Crippen LogP contribution in [0.5, 0.6) is 0 Å². The maximum absolute atomic E-state index is 4.34. The van der Waals surface area contributed by atoms with Crippen LogP contribution in [0, 0.1) is 0 Å². The fourth-order valence-corrected chi connectivity index (χ4v) is 2.91. The number of benzene rings is 1. The molecule has 1 fully saturated rings. The summed E-state index contributed by atoms with van der Waals surface area (Å²) >= 11 is 0. The Hall–Kier alpha value is -1.98. The number of hydrogen-bond donors (Lipinski definition) is 0. The summed E-state index contributed by atoms with van der Waals surface area (Å²) in [7, 11) is 2.20. The highest BCUT2D eigenvalue weighted by Gasteiger charge is 2.18. The molecule has 2 heterocycles. The van der Waals surface area contributed by atoms with E-state index in [-0.39, 0.29) is 0 Å². The molecule has 0 amide bonds. The highest BCUT2D eigenvalue weighted by molar-refractivity contribution is 5.29. The molecule has 0 saturated carbocycles. The van der Waals surface area contributed by atoms with Gasteiger partial charge in [-0.2, -0.15) is 0 Å². The lowest BCUT2D eigenvalue weighted by atomic mass is 10.2. The van der Waals surface area contributed by atoms with Crippen molar-refractivity contribution in [1.82, 2.24) is 19.8 Å². The molecule has 5 nitrogen and oxygen atoms in total. The molecule has 0 aliphatic carbocycles. The van der Waals surface area contributed by atoms with Crippen LogP contribution in [0.2, 0.25) is 0 Å². The van der Waals surface area contributed by atoms with Gasteiger partial charge >= 0.3 is 0 Å². The van der Waals surface area contributed by atoms with Crippen LogP contribution >= 0.6 is 0 Å². The molecule has 1 aliphatic rings. The van der Waals surface area contributed by atoms with E-state index in [1.165, 1.54) is 5.56 Å². The van der Waals surface area contributed by atoms with E-state index in [2.05, 4.69) is 62.0 Å². The number of nitrogens with zero attached hydrogens (tertiary/aromatic N) is 5. The van der Waals surface area contributed by atoms with Gasteiger partial charge < -0.3 is 9.80 Å². The number of hydrogen-bond acceptors (Lipinski definition) is 5. The van der Waals surface area contributed by atoms with Gasteiger partial charge in [0.1, 0.15) is 0 Å². The molecule has 23 heavy (non-hydrogen) atoms. The second-order valence-electron chi connectivity index (χ2n) is 6.10. The summed E-state index contributed by atoms with van der Waals surface area (Å²) in [4.78, 5) is 15.9. The SMILES string of the molecule is CN(CCN1CCN(c2ncccn2)CC1)Cc1ccccc1. The van der Waals surface area contributed by atoms with Gasteiger partial charge in [-0.15, -0.1) is 0 Å². The second kappa shape index (κ2) is 8.04. The van der Waals surface area contributed by atoms with Gasteiger partial charge in [0.25, 0.3) is 0 Å². The molecular formula is C18H25N5. The summed E-state index contributed by atoms with van der Waals surface area (Å²) in [5.74, 6) is 0.855. The van der Waals surface area contributed by atoms with E-state index in [9.17, 15) is 0 Å². The van der Waals surface area contributed by atoms with Crippen LogP contribution in [0.25, 0.3) is 0 Å². The highest BCUT2D eigenvalue weighted by Crippen LogP contribution is 2.09. The first-order valence-electron chi connectivity index (χ1n) is 8.28. The normalized spacial score (nSPS) is 16.0. The van der Waals surface area contributed by atoms with Crippen LogP contribution in [-0.4, -0.2) is 66.1 Å². The molecule has 1 aliphatic heterocycles. The predicted octanol–water partition coefficient (Wildman–Crippen LogP) is 1.73. The molecular weight excluding hydrogens is 286 g/mol. The van der Waals surface area contributed by atoms with Gasteiger partial charge in [0, 0.05) is 58.2 Å². The monoisotopic (exact) mass is 311 g/mol.